The van der Waals surface area contributed by atoms with Gasteiger partial charge in [-0.05, 0) is 32.7 Å². The van der Waals surface area contributed by atoms with Crippen molar-refractivity contribution in [1.29, 1.82) is 0 Å². The van der Waals surface area contributed by atoms with E-state index >= 15 is 0 Å². The summed E-state index contributed by atoms with van der Waals surface area (Å²) in [4.78, 5) is 25.5. The van der Waals surface area contributed by atoms with Crippen molar-refractivity contribution in [2.24, 2.45) is 0 Å². The van der Waals surface area contributed by atoms with E-state index in [2.05, 4.69) is 5.32 Å². The number of nitrogens with one attached hydrogen (secondary N) is 1. The van der Waals surface area contributed by atoms with Crippen molar-refractivity contribution >= 4 is 23.6 Å². The number of carboxylic acid groups (broad SMARTS) is 1. The Bertz CT molecular complexity index is 356. The number of aliphatic carboxylic acids is 1. The lowest BCUT2D eigenvalue weighted by Crippen LogP contribution is -2.61. The van der Waals surface area contributed by atoms with Crippen LogP contribution in [0.1, 0.15) is 32.6 Å². The minimum absolute atomic E-state index is 0.0504. The van der Waals surface area contributed by atoms with Gasteiger partial charge in [-0.3, -0.25) is 9.59 Å². The molecule has 0 aromatic carbocycles. The number of hydrogen-bond donors (Lipinski definition) is 2. The van der Waals surface area contributed by atoms with Crippen LogP contribution in [0.25, 0.3) is 0 Å². The summed E-state index contributed by atoms with van der Waals surface area (Å²) in [5, 5.41) is 12.3. The topological polar surface area (TPSA) is 69.6 Å². The lowest BCUT2D eigenvalue weighted by atomic mass is 9.89. The zero-order chi connectivity index (χ0) is 13.9. The maximum atomic E-state index is 12.7. The molecule has 6 heteroatoms. The Morgan fingerprint density at radius 3 is 2.89 bits per heavy atom. The predicted molar refractivity (Wildman–Crippen MR) is 75.3 cm³/mol. The Hall–Kier alpha value is -0.750. The molecule has 2 fully saturated rings. The SMILES string of the molecule is CC1(C(=O)N2CCSCC2CC(=O)O)CCCCN1. The maximum absolute atomic E-state index is 12.7. The standard InChI is InChI=1S/C13H22N2O3S/c1-13(4-2-3-5-14-13)12(18)15-6-7-19-9-10(15)8-11(16)17/h10,14H,2-9H2,1H3,(H,16,17). The first-order valence-corrected chi connectivity index (χ1v) is 8.04. The first-order chi connectivity index (χ1) is 9.03. The zero-order valence-corrected chi connectivity index (χ0v) is 12.2. The highest BCUT2D eigenvalue weighted by Gasteiger charge is 2.40. The number of carbonyl (C=O) groups is 2. The lowest BCUT2D eigenvalue weighted by Gasteiger charge is -2.42. The van der Waals surface area contributed by atoms with E-state index in [1.807, 2.05) is 6.92 Å². The third kappa shape index (κ3) is 3.42. The van der Waals surface area contributed by atoms with Crippen molar-refractivity contribution < 1.29 is 14.7 Å². The van der Waals surface area contributed by atoms with Crippen molar-refractivity contribution in [2.45, 2.75) is 44.2 Å². The normalized spacial score (nSPS) is 32.1. The van der Waals surface area contributed by atoms with Crippen molar-refractivity contribution in [3.8, 4) is 0 Å². The monoisotopic (exact) mass is 286 g/mol. The van der Waals surface area contributed by atoms with Gasteiger partial charge in [0, 0.05) is 18.1 Å². The molecule has 5 nitrogen and oxygen atoms in total. The minimum Gasteiger partial charge on any atom is -0.481 e. The molecule has 2 unspecified atom stereocenters. The molecule has 1 amide bonds. The molecular formula is C13H22N2O3S. The summed E-state index contributed by atoms with van der Waals surface area (Å²) in [5.74, 6) is 0.886. The van der Waals surface area contributed by atoms with Gasteiger partial charge in [-0.2, -0.15) is 11.8 Å². The molecule has 0 aliphatic carbocycles. The van der Waals surface area contributed by atoms with Crippen LogP contribution in [0.15, 0.2) is 0 Å². The fourth-order valence-electron chi connectivity index (χ4n) is 2.85. The number of carboxylic acids is 1. The van der Waals surface area contributed by atoms with E-state index in [0.717, 1.165) is 37.3 Å². The average molecular weight is 286 g/mol. The van der Waals surface area contributed by atoms with E-state index in [1.54, 1.807) is 16.7 Å². The largest absolute Gasteiger partial charge is 0.481 e. The summed E-state index contributed by atoms with van der Waals surface area (Å²) in [6, 6.07) is -0.163. The van der Waals surface area contributed by atoms with E-state index in [9.17, 15) is 9.59 Å². The second-order valence-electron chi connectivity index (χ2n) is 5.54. The maximum Gasteiger partial charge on any atom is 0.305 e. The van der Waals surface area contributed by atoms with Crippen LogP contribution in [0.2, 0.25) is 0 Å². The molecule has 0 bridgehead atoms. The van der Waals surface area contributed by atoms with Gasteiger partial charge >= 0.3 is 5.97 Å². The minimum atomic E-state index is -0.827. The molecule has 108 valence electrons. The number of nitrogens with zero attached hydrogens (tertiary/aromatic N) is 1. The van der Waals surface area contributed by atoms with Gasteiger partial charge in [0.15, 0.2) is 0 Å². The van der Waals surface area contributed by atoms with Crippen LogP contribution < -0.4 is 5.32 Å². The molecule has 2 N–H and O–H groups in total. The molecule has 2 saturated heterocycles. The van der Waals surface area contributed by atoms with Crippen LogP contribution in [0.3, 0.4) is 0 Å². The van der Waals surface area contributed by atoms with Crippen molar-refractivity contribution in [3.05, 3.63) is 0 Å². The molecule has 0 aromatic heterocycles. The van der Waals surface area contributed by atoms with Crippen LogP contribution in [0.5, 0.6) is 0 Å². The molecule has 19 heavy (non-hydrogen) atoms. The van der Waals surface area contributed by atoms with Crippen LogP contribution in [0.4, 0.5) is 0 Å². The van der Waals surface area contributed by atoms with Gasteiger partial charge in [0.2, 0.25) is 5.91 Å². The van der Waals surface area contributed by atoms with Gasteiger partial charge in [0.1, 0.15) is 0 Å². The second kappa shape index (κ2) is 6.13. The number of carbonyl (C=O) groups excluding carboxylic acids is 1. The van der Waals surface area contributed by atoms with E-state index in [4.69, 9.17) is 5.11 Å². The summed E-state index contributed by atoms with van der Waals surface area (Å²) >= 11 is 1.73. The Labute approximate surface area is 118 Å². The Balaban J connectivity index is 2.08. The lowest BCUT2D eigenvalue weighted by molar-refractivity contribution is -0.144. The number of amides is 1. The third-order valence-electron chi connectivity index (χ3n) is 3.99. The molecule has 2 rings (SSSR count). The average Bonchev–Trinajstić information content (AvgIpc) is 2.39. The quantitative estimate of drug-likeness (QED) is 0.808. The van der Waals surface area contributed by atoms with Crippen LogP contribution >= 0.6 is 11.8 Å². The summed E-state index contributed by atoms with van der Waals surface area (Å²) in [5.41, 5.74) is -0.503. The number of hydrogen-bond acceptors (Lipinski definition) is 4. The summed E-state index contributed by atoms with van der Waals surface area (Å²) in [6.07, 6.45) is 3.06. The molecule has 2 heterocycles. The fraction of sp³-hybridized carbons (Fsp3) is 0.846. The Morgan fingerprint density at radius 2 is 2.26 bits per heavy atom. The Morgan fingerprint density at radius 1 is 1.47 bits per heavy atom. The zero-order valence-electron chi connectivity index (χ0n) is 11.4. The first kappa shape index (κ1) is 14.7. The molecule has 0 aromatic rings. The Kier molecular flexibility index (Phi) is 4.73. The second-order valence-corrected chi connectivity index (χ2v) is 6.69. The molecular weight excluding hydrogens is 264 g/mol. The van der Waals surface area contributed by atoms with E-state index in [0.29, 0.717) is 6.54 Å². The molecule has 0 radical (unpaired) electrons. The van der Waals surface area contributed by atoms with Crippen molar-refractivity contribution in [3.63, 3.8) is 0 Å². The predicted octanol–water partition coefficient (Wildman–Crippen LogP) is 0.937. The highest BCUT2D eigenvalue weighted by Crippen LogP contribution is 2.26. The van der Waals surface area contributed by atoms with Crippen molar-refractivity contribution in [1.82, 2.24) is 10.2 Å². The van der Waals surface area contributed by atoms with Gasteiger partial charge in [0.05, 0.1) is 18.0 Å². The van der Waals surface area contributed by atoms with Gasteiger partial charge in [-0.15, -0.1) is 0 Å². The van der Waals surface area contributed by atoms with E-state index in [-0.39, 0.29) is 18.4 Å². The molecule has 2 aliphatic heterocycles. The smallest absolute Gasteiger partial charge is 0.305 e. The summed E-state index contributed by atoms with van der Waals surface area (Å²) < 4.78 is 0. The van der Waals surface area contributed by atoms with Crippen LogP contribution in [-0.2, 0) is 9.59 Å². The third-order valence-corrected chi connectivity index (χ3v) is 5.08. The summed E-state index contributed by atoms with van der Waals surface area (Å²) in [6.45, 7) is 3.49. The van der Waals surface area contributed by atoms with Crippen LogP contribution in [-0.4, -0.2) is 58.1 Å². The molecule has 0 saturated carbocycles. The molecule has 2 aliphatic rings. The van der Waals surface area contributed by atoms with Gasteiger partial charge in [-0.1, -0.05) is 0 Å². The van der Waals surface area contributed by atoms with Crippen molar-refractivity contribution in [2.75, 3.05) is 24.6 Å². The summed E-state index contributed by atoms with van der Waals surface area (Å²) in [7, 11) is 0. The van der Waals surface area contributed by atoms with Gasteiger partial charge in [0.25, 0.3) is 0 Å². The van der Waals surface area contributed by atoms with Gasteiger partial charge < -0.3 is 15.3 Å². The number of rotatable bonds is 3. The molecule has 2 atom stereocenters. The first-order valence-electron chi connectivity index (χ1n) is 6.88. The van der Waals surface area contributed by atoms with E-state index in [1.165, 1.54) is 0 Å². The van der Waals surface area contributed by atoms with E-state index < -0.39 is 11.5 Å². The number of thioether (sulfide) groups is 1. The number of piperidine rings is 1. The highest BCUT2D eigenvalue weighted by atomic mass is 32.2. The van der Waals surface area contributed by atoms with Crippen LogP contribution in [0, 0.1) is 0 Å². The van der Waals surface area contributed by atoms with Gasteiger partial charge in [-0.25, -0.2) is 0 Å². The molecule has 0 spiro atoms. The highest BCUT2D eigenvalue weighted by molar-refractivity contribution is 7.99. The fourth-order valence-corrected chi connectivity index (χ4v) is 3.91.